The van der Waals surface area contributed by atoms with Crippen LogP contribution in [-0.4, -0.2) is 45.5 Å². The molecule has 3 rings (SSSR count). The first kappa shape index (κ1) is 15.2. The maximum Gasteiger partial charge on any atom is 0.254 e. The lowest BCUT2D eigenvalue weighted by atomic mass is 9.67. The highest BCUT2D eigenvalue weighted by molar-refractivity contribution is 5.95. The van der Waals surface area contributed by atoms with Gasteiger partial charge in [-0.2, -0.15) is 0 Å². The Labute approximate surface area is 128 Å². The molecule has 1 aromatic rings. The Bertz CT molecular complexity index is 565. The molecule has 1 aliphatic carbocycles. The number of carbonyl (C=O) groups is 1. The molecule has 2 fully saturated rings. The largest absolute Gasteiger partial charge is 0.494 e. The molecule has 0 aromatic heterocycles. The number of hydrogen-bond donors (Lipinski definition) is 1. The number of rotatable bonds is 5. The zero-order valence-electron chi connectivity index (χ0n) is 12.7. The molecule has 1 N–H and O–H groups in total. The Morgan fingerprint density at radius 3 is 3.00 bits per heavy atom. The highest BCUT2D eigenvalue weighted by atomic mass is 19.1. The summed E-state index contributed by atoms with van der Waals surface area (Å²) in [5.74, 6) is -0.582. The zero-order chi connectivity index (χ0) is 15.7. The van der Waals surface area contributed by atoms with E-state index in [1.807, 2.05) is 0 Å². The Morgan fingerprint density at radius 1 is 1.45 bits per heavy atom. The molecular weight excluding hydrogens is 289 g/mol. The van der Waals surface area contributed by atoms with Gasteiger partial charge < -0.3 is 19.5 Å². The van der Waals surface area contributed by atoms with Crippen molar-refractivity contribution < 1.29 is 23.4 Å². The van der Waals surface area contributed by atoms with Crippen molar-refractivity contribution in [2.45, 2.75) is 18.6 Å². The maximum atomic E-state index is 14.2. The molecular formula is C16H20FNO4. The Morgan fingerprint density at radius 2 is 2.27 bits per heavy atom. The highest BCUT2D eigenvalue weighted by Gasteiger charge is 2.54. The summed E-state index contributed by atoms with van der Waals surface area (Å²) in [5, 5.41) is 2.94. The molecule has 4 atom stereocenters. The zero-order valence-corrected chi connectivity index (χ0v) is 12.7. The molecule has 1 amide bonds. The highest BCUT2D eigenvalue weighted by Crippen LogP contribution is 2.43. The molecule has 1 saturated heterocycles. The Kier molecular flexibility index (Phi) is 4.31. The molecule has 2 aliphatic rings. The standard InChI is InChI=1S/C16H20FNO4/c1-20-8-11-14(10-6-7-22-15(10)11)18-16(19)9-4-3-5-12(21-2)13(9)17/h3-5,10-11,14-15H,6-8H2,1-2H3,(H,18,19)/t10-,11+,14+,15-/m0/s1. The fourth-order valence-corrected chi connectivity index (χ4v) is 3.51. The van der Waals surface area contributed by atoms with Gasteiger partial charge in [-0.05, 0) is 18.6 Å². The van der Waals surface area contributed by atoms with Crippen LogP contribution < -0.4 is 10.1 Å². The summed E-state index contributed by atoms with van der Waals surface area (Å²) in [5.41, 5.74) is -0.00196. The lowest BCUT2D eigenvalue weighted by Gasteiger charge is -2.47. The number of hydrogen-bond acceptors (Lipinski definition) is 4. The van der Waals surface area contributed by atoms with Crippen LogP contribution >= 0.6 is 0 Å². The van der Waals surface area contributed by atoms with Crippen LogP contribution in [0.1, 0.15) is 16.8 Å². The smallest absolute Gasteiger partial charge is 0.254 e. The third kappa shape index (κ3) is 2.46. The van der Waals surface area contributed by atoms with E-state index in [-0.39, 0.29) is 35.3 Å². The number of methoxy groups -OCH3 is 2. The van der Waals surface area contributed by atoms with Crippen LogP contribution in [0.5, 0.6) is 5.75 Å². The van der Waals surface area contributed by atoms with Gasteiger partial charge in [0.1, 0.15) is 0 Å². The molecule has 0 spiro atoms. The number of nitrogens with one attached hydrogen (secondary N) is 1. The molecule has 6 heteroatoms. The van der Waals surface area contributed by atoms with Gasteiger partial charge in [-0.25, -0.2) is 4.39 Å². The lowest BCUT2D eigenvalue weighted by molar-refractivity contribution is -0.0809. The normalized spacial score (nSPS) is 29.6. The van der Waals surface area contributed by atoms with Crippen molar-refractivity contribution in [3.05, 3.63) is 29.6 Å². The van der Waals surface area contributed by atoms with Gasteiger partial charge in [0.05, 0.1) is 25.4 Å². The van der Waals surface area contributed by atoms with E-state index >= 15 is 0 Å². The van der Waals surface area contributed by atoms with Gasteiger partial charge >= 0.3 is 0 Å². The van der Waals surface area contributed by atoms with Crippen molar-refractivity contribution in [2.75, 3.05) is 27.4 Å². The van der Waals surface area contributed by atoms with Gasteiger partial charge in [-0.15, -0.1) is 0 Å². The summed E-state index contributed by atoms with van der Waals surface area (Å²) >= 11 is 0. The second-order valence-electron chi connectivity index (χ2n) is 5.73. The predicted molar refractivity (Wildman–Crippen MR) is 77.4 cm³/mol. The minimum Gasteiger partial charge on any atom is -0.494 e. The van der Waals surface area contributed by atoms with Crippen molar-refractivity contribution in [1.82, 2.24) is 5.32 Å². The van der Waals surface area contributed by atoms with Gasteiger partial charge in [0.25, 0.3) is 5.91 Å². The first-order valence-corrected chi connectivity index (χ1v) is 7.41. The van der Waals surface area contributed by atoms with Crippen LogP contribution in [0, 0.1) is 17.7 Å². The molecule has 0 unspecified atom stereocenters. The Hall–Kier alpha value is -1.66. The van der Waals surface area contributed by atoms with Gasteiger partial charge in [-0.3, -0.25) is 4.79 Å². The van der Waals surface area contributed by atoms with E-state index in [9.17, 15) is 9.18 Å². The summed E-state index contributed by atoms with van der Waals surface area (Å²) in [6, 6.07) is 4.51. The van der Waals surface area contributed by atoms with E-state index in [2.05, 4.69) is 5.32 Å². The van der Waals surface area contributed by atoms with Crippen LogP contribution in [0.3, 0.4) is 0 Å². The predicted octanol–water partition coefficient (Wildman–Crippen LogP) is 1.61. The molecule has 22 heavy (non-hydrogen) atoms. The minimum atomic E-state index is -0.635. The monoisotopic (exact) mass is 309 g/mol. The number of benzene rings is 1. The van der Waals surface area contributed by atoms with Gasteiger partial charge in [0.2, 0.25) is 0 Å². The number of fused-ring (bicyclic) bond motifs is 1. The fraction of sp³-hybridized carbons (Fsp3) is 0.562. The SMILES string of the molecule is COC[C@@H]1[C@H](NC(=O)c2cccc(OC)c2F)[C@@H]2CCO[C@H]12. The van der Waals surface area contributed by atoms with E-state index in [0.717, 1.165) is 6.42 Å². The minimum absolute atomic E-state index is 0.00196. The molecule has 120 valence electrons. The molecule has 0 radical (unpaired) electrons. The summed E-state index contributed by atoms with van der Waals surface area (Å²) in [4.78, 5) is 12.4. The third-order valence-electron chi connectivity index (χ3n) is 4.61. The van der Waals surface area contributed by atoms with E-state index in [0.29, 0.717) is 13.2 Å². The first-order valence-electron chi connectivity index (χ1n) is 7.41. The van der Waals surface area contributed by atoms with Crippen molar-refractivity contribution in [2.24, 2.45) is 11.8 Å². The molecule has 1 saturated carbocycles. The van der Waals surface area contributed by atoms with Gasteiger partial charge in [-0.1, -0.05) is 6.07 Å². The molecule has 1 heterocycles. The summed E-state index contributed by atoms with van der Waals surface area (Å²) in [7, 11) is 3.00. The van der Waals surface area contributed by atoms with Crippen LogP contribution in [-0.2, 0) is 9.47 Å². The Balaban J connectivity index is 1.74. The maximum absolute atomic E-state index is 14.2. The van der Waals surface area contributed by atoms with Crippen molar-refractivity contribution in [1.29, 1.82) is 0 Å². The quantitative estimate of drug-likeness (QED) is 0.898. The van der Waals surface area contributed by atoms with Crippen molar-refractivity contribution in [3.8, 4) is 5.75 Å². The van der Waals surface area contributed by atoms with Gasteiger partial charge in [0, 0.05) is 31.6 Å². The van der Waals surface area contributed by atoms with Crippen molar-refractivity contribution >= 4 is 5.91 Å². The molecule has 1 aliphatic heterocycles. The number of halogens is 1. The topological polar surface area (TPSA) is 56.8 Å². The lowest BCUT2D eigenvalue weighted by Crippen LogP contribution is -2.62. The van der Waals surface area contributed by atoms with Crippen LogP contribution in [0.4, 0.5) is 4.39 Å². The van der Waals surface area contributed by atoms with E-state index in [1.165, 1.54) is 19.2 Å². The molecule has 1 aromatic carbocycles. The molecule has 5 nitrogen and oxygen atoms in total. The number of carbonyl (C=O) groups excluding carboxylic acids is 1. The van der Waals surface area contributed by atoms with E-state index in [4.69, 9.17) is 14.2 Å². The average Bonchev–Trinajstić information content (AvgIpc) is 2.95. The summed E-state index contributed by atoms with van der Waals surface area (Å²) in [6.45, 7) is 1.22. The van der Waals surface area contributed by atoms with Crippen LogP contribution in [0.2, 0.25) is 0 Å². The molecule has 0 bridgehead atoms. The van der Waals surface area contributed by atoms with E-state index < -0.39 is 11.7 Å². The van der Waals surface area contributed by atoms with E-state index in [1.54, 1.807) is 13.2 Å². The number of amides is 1. The summed E-state index contributed by atoms with van der Waals surface area (Å²) < 4.78 is 30.0. The second kappa shape index (κ2) is 6.22. The average molecular weight is 309 g/mol. The second-order valence-corrected chi connectivity index (χ2v) is 5.73. The number of ether oxygens (including phenoxy) is 3. The summed E-state index contributed by atoms with van der Waals surface area (Å²) in [6.07, 6.45) is 1.05. The van der Waals surface area contributed by atoms with Gasteiger partial charge in [0.15, 0.2) is 11.6 Å². The third-order valence-corrected chi connectivity index (χ3v) is 4.61. The van der Waals surface area contributed by atoms with Crippen molar-refractivity contribution in [3.63, 3.8) is 0 Å². The first-order chi connectivity index (χ1) is 10.7. The van der Waals surface area contributed by atoms with Crippen LogP contribution in [0.25, 0.3) is 0 Å². The fourth-order valence-electron chi connectivity index (χ4n) is 3.51. The van der Waals surface area contributed by atoms with Crippen LogP contribution in [0.15, 0.2) is 18.2 Å².